The van der Waals surface area contributed by atoms with E-state index < -0.39 is 0 Å². The zero-order valence-electron chi connectivity index (χ0n) is 13.3. The van der Waals surface area contributed by atoms with E-state index in [1.165, 1.54) is 21.8 Å². The number of thiazole rings is 1. The van der Waals surface area contributed by atoms with E-state index in [1.807, 2.05) is 19.2 Å². The summed E-state index contributed by atoms with van der Waals surface area (Å²) in [7, 11) is 2.00. The molecule has 0 aliphatic heterocycles. The molecule has 0 radical (unpaired) electrons. The molecular weight excluding hydrogens is 300 g/mol. The summed E-state index contributed by atoms with van der Waals surface area (Å²) in [6.45, 7) is 8.70. The Hall–Kier alpha value is -0.900. The fourth-order valence-corrected chi connectivity index (χ4v) is 3.62. The number of halogens is 1. The number of hydrogen-bond donors (Lipinski definition) is 1. The molecule has 0 spiro atoms. The third-order valence-corrected chi connectivity index (χ3v) is 4.76. The van der Waals surface area contributed by atoms with Crippen LogP contribution in [0.2, 0.25) is 5.02 Å². The molecule has 0 fully saturated rings. The van der Waals surface area contributed by atoms with Crippen LogP contribution < -0.4 is 5.32 Å². The Kier molecular flexibility index (Phi) is 5.07. The highest BCUT2D eigenvalue weighted by atomic mass is 35.5. The molecule has 21 heavy (non-hydrogen) atoms. The normalized spacial score (nSPS) is 13.4. The third-order valence-electron chi connectivity index (χ3n) is 3.65. The van der Waals surface area contributed by atoms with Crippen molar-refractivity contribution >= 4 is 22.9 Å². The summed E-state index contributed by atoms with van der Waals surface area (Å²) in [5, 5.41) is 7.54. The summed E-state index contributed by atoms with van der Waals surface area (Å²) in [5.41, 5.74) is 3.79. The molecule has 1 N–H and O–H groups in total. The molecule has 0 aliphatic carbocycles. The van der Waals surface area contributed by atoms with Gasteiger partial charge in [0.05, 0.1) is 10.7 Å². The standard InChI is InChI=1S/C17H23ClN2S/c1-11-8-12(18)6-7-13(11)14(19-5)9-16-20-15(10-21-16)17(2,3)4/h6-8,10,14,19H,9H2,1-5H3. The molecule has 0 saturated carbocycles. The van der Waals surface area contributed by atoms with Crippen LogP contribution >= 0.6 is 22.9 Å². The molecule has 0 saturated heterocycles. The Labute approximate surface area is 136 Å². The second-order valence-corrected chi connectivity index (χ2v) is 7.80. The van der Waals surface area contributed by atoms with Crippen LogP contribution in [0.1, 0.15) is 48.6 Å². The molecule has 2 rings (SSSR count). The summed E-state index contributed by atoms with van der Waals surface area (Å²) in [6, 6.07) is 6.35. The van der Waals surface area contributed by atoms with Gasteiger partial charge in [-0.3, -0.25) is 0 Å². The molecule has 0 bridgehead atoms. The lowest BCUT2D eigenvalue weighted by molar-refractivity contribution is 0.559. The van der Waals surface area contributed by atoms with Crippen LogP contribution in [0.25, 0.3) is 0 Å². The maximum Gasteiger partial charge on any atom is 0.0947 e. The molecular formula is C17H23ClN2S. The van der Waals surface area contributed by atoms with Gasteiger partial charge in [-0.25, -0.2) is 4.98 Å². The number of hydrogen-bond acceptors (Lipinski definition) is 3. The maximum atomic E-state index is 6.05. The Morgan fingerprint density at radius 3 is 2.57 bits per heavy atom. The summed E-state index contributed by atoms with van der Waals surface area (Å²) >= 11 is 7.79. The largest absolute Gasteiger partial charge is 0.313 e. The molecule has 4 heteroatoms. The first kappa shape index (κ1) is 16.5. The topological polar surface area (TPSA) is 24.9 Å². The fraction of sp³-hybridized carbons (Fsp3) is 0.471. The Bertz CT molecular complexity index is 613. The van der Waals surface area contributed by atoms with Crippen LogP contribution in [-0.2, 0) is 11.8 Å². The van der Waals surface area contributed by atoms with Gasteiger partial charge in [-0.05, 0) is 37.2 Å². The van der Waals surface area contributed by atoms with Gasteiger partial charge in [-0.15, -0.1) is 11.3 Å². The summed E-state index contributed by atoms with van der Waals surface area (Å²) in [5.74, 6) is 0. The van der Waals surface area contributed by atoms with Crippen molar-refractivity contribution in [1.82, 2.24) is 10.3 Å². The van der Waals surface area contributed by atoms with Crippen molar-refractivity contribution < 1.29 is 0 Å². The lowest BCUT2D eigenvalue weighted by Gasteiger charge is -2.18. The molecule has 1 atom stereocenters. The van der Waals surface area contributed by atoms with Crippen molar-refractivity contribution in [3.63, 3.8) is 0 Å². The second kappa shape index (κ2) is 6.47. The minimum atomic E-state index is 0.111. The minimum absolute atomic E-state index is 0.111. The first-order valence-electron chi connectivity index (χ1n) is 7.19. The predicted octanol–water partition coefficient (Wildman–Crippen LogP) is 4.91. The molecule has 1 aromatic heterocycles. The van der Waals surface area contributed by atoms with E-state index in [1.54, 1.807) is 11.3 Å². The number of rotatable bonds is 4. The van der Waals surface area contributed by atoms with Crippen LogP contribution in [-0.4, -0.2) is 12.0 Å². The number of nitrogens with zero attached hydrogens (tertiary/aromatic N) is 1. The van der Waals surface area contributed by atoms with Crippen LogP contribution in [0.4, 0.5) is 0 Å². The SMILES string of the molecule is CNC(Cc1nc(C(C)(C)C)cs1)c1ccc(Cl)cc1C. The summed E-state index contributed by atoms with van der Waals surface area (Å²) in [6.07, 6.45) is 0.902. The first-order valence-corrected chi connectivity index (χ1v) is 8.45. The van der Waals surface area contributed by atoms with Gasteiger partial charge in [0.1, 0.15) is 0 Å². The Morgan fingerprint density at radius 1 is 1.33 bits per heavy atom. The quantitative estimate of drug-likeness (QED) is 0.865. The van der Waals surface area contributed by atoms with Gasteiger partial charge in [0.15, 0.2) is 0 Å². The van der Waals surface area contributed by atoms with Gasteiger partial charge in [-0.2, -0.15) is 0 Å². The molecule has 0 aliphatic rings. The van der Waals surface area contributed by atoms with Gasteiger partial charge in [0.25, 0.3) is 0 Å². The van der Waals surface area contributed by atoms with Crippen molar-refractivity contribution in [2.45, 2.75) is 45.6 Å². The zero-order chi connectivity index (χ0) is 15.6. The molecule has 2 nitrogen and oxygen atoms in total. The molecule has 1 unspecified atom stereocenters. The lowest BCUT2D eigenvalue weighted by Crippen LogP contribution is -2.20. The van der Waals surface area contributed by atoms with Gasteiger partial charge >= 0.3 is 0 Å². The Morgan fingerprint density at radius 2 is 2.05 bits per heavy atom. The van der Waals surface area contributed by atoms with Crippen LogP contribution in [0.3, 0.4) is 0 Å². The molecule has 2 aromatic rings. The van der Waals surface area contributed by atoms with Crippen molar-refractivity contribution in [2.75, 3.05) is 7.05 Å². The molecule has 1 heterocycles. The summed E-state index contributed by atoms with van der Waals surface area (Å²) < 4.78 is 0. The van der Waals surface area contributed by atoms with E-state index in [0.29, 0.717) is 0 Å². The number of likely N-dealkylation sites (N-methyl/N-ethyl adjacent to an activating group) is 1. The molecule has 114 valence electrons. The highest BCUT2D eigenvalue weighted by molar-refractivity contribution is 7.09. The number of aromatic nitrogens is 1. The highest BCUT2D eigenvalue weighted by Gasteiger charge is 2.19. The molecule has 0 amide bonds. The highest BCUT2D eigenvalue weighted by Crippen LogP contribution is 2.28. The fourth-order valence-electron chi connectivity index (χ4n) is 2.32. The first-order chi connectivity index (χ1) is 9.81. The van der Waals surface area contributed by atoms with Crippen molar-refractivity contribution in [3.05, 3.63) is 50.4 Å². The van der Waals surface area contributed by atoms with E-state index in [9.17, 15) is 0 Å². The van der Waals surface area contributed by atoms with Gasteiger partial charge in [-0.1, -0.05) is 38.4 Å². The average Bonchev–Trinajstić information content (AvgIpc) is 2.85. The minimum Gasteiger partial charge on any atom is -0.313 e. The lowest BCUT2D eigenvalue weighted by atomic mass is 9.93. The van der Waals surface area contributed by atoms with Gasteiger partial charge in [0, 0.05) is 28.3 Å². The smallest absolute Gasteiger partial charge is 0.0947 e. The van der Waals surface area contributed by atoms with Crippen LogP contribution in [0, 0.1) is 6.92 Å². The van der Waals surface area contributed by atoms with Gasteiger partial charge < -0.3 is 5.32 Å². The summed E-state index contributed by atoms with van der Waals surface area (Å²) in [4.78, 5) is 4.79. The van der Waals surface area contributed by atoms with Crippen LogP contribution in [0.15, 0.2) is 23.6 Å². The second-order valence-electron chi connectivity index (χ2n) is 6.42. The van der Waals surface area contributed by atoms with E-state index >= 15 is 0 Å². The van der Waals surface area contributed by atoms with Crippen molar-refractivity contribution in [2.24, 2.45) is 0 Å². The van der Waals surface area contributed by atoms with E-state index in [-0.39, 0.29) is 11.5 Å². The van der Waals surface area contributed by atoms with Gasteiger partial charge in [0.2, 0.25) is 0 Å². The number of benzene rings is 1. The Balaban J connectivity index is 2.21. The van der Waals surface area contributed by atoms with Crippen molar-refractivity contribution in [1.29, 1.82) is 0 Å². The molecule has 1 aromatic carbocycles. The number of aryl methyl sites for hydroxylation is 1. The van der Waals surface area contributed by atoms with E-state index in [4.69, 9.17) is 16.6 Å². The third kappa shape index (κ3) is 4.06. The maximum absolute atomic E-state index is 6.05. The zero-order valence-corrected chi connectivity index (χ0v) is 14.9. The van der Waals surface area contributed by atoms with E-state index in [0.717, 1.165) is 11.4 Å². The monoisotopic (exact) mass is 322 g/mol. The number of nitrogens with one attached hydrogen (secondary N) is 1. The van der Waals surface area contributed by atoms with Crippen LogP contribution in [0.5, 0.6) is 0 Å². The predicted molar refractivity (Wildman–Crippen MR) is 92.5 cm³/mol. The van der Waals surface area contributed by atoms with Crippen molar-refractivity contribution in [3.8, 4) is 0 Å². The average molecular weight is 323 g/mol. The van der Waals surface area contributed by atoms with E-state index in [2.05, 4.69) is 44.5 Å².